The number of benzene rings is 1. The Kier molecular flexibility index (Phi) is 5.48. The van der Waals surface area contributed by atoms with Crippen LogP contribution in [0.25, 0.3) is 0 Å². The summed E-state index contributed by atoms with van der Waals surface area (Å²) in [5, 5.41) is 3.17. The predicted molar refractivity (Wildman–Crippen MR) is 80.0 cm³/mol. The number of nitrogen functional groups attached to an aromatic ring is 1. The number of alkyl halides is 3. The molecule has 0 bridgehead atoms. The highest BCUT2D eigenvalue weighted by molar-refractivity contribution is 5.96. The summed E-state index contributed by atoms with van der Waals surface area (Å²) in [6.07, 6.45) is -4.55. The molecule has 0 aromatic heterocycles. The molecule has 1 saturated heterocycles. The van der Waals surface area contributed by atoms with Gasteiger partial charge in [0.15, 0.2) is 0 Å². The van der Waals surface area contributed by atoms with Crippen LogP contribution < -0.4 is 11.1 Å². The Bertz CT molecular complexity index is 570. The number of nitrogens with two attached hydrogens (primary N) is 1. The Hall–Kier alpha value is -1.80. The van der Waals surface area contributed by atoms with Gasteiger partial charge in [0.2, 0.25) is 0 Å². The number of carbonyl (C=O) groups is 1. The zero-order chi connectivity index (χ0) is 17.0. The Morgan fingerprint density at radius 3 is 2.57 bits per heavy atom. The van der Waals surface area contributed by atoms with E-state index in [1.807, 2.05) is 4.90 Å². The molecule has 1 heterocycles. The average molecular weight is 331 g/mol. The Morgan fingerprint density at radius 2 is 2.00 bits per heavy atom. The lowest BCUT2D eigenvalue weighted by Crippen LogP contribution is -2.43. The number of nitrogens with zero attached hydrogens (tertiary/aromatic N) is 1. The fourth-order valence-corrected chi connectivity index (χ4v) is 2.50. The SMILES string of the molecule is CCOC(=O)c1cc(C(F)(F)F)cc(CN2CCNCC2)c1N. The summed E-state index contributed by atoms with van der Waals surface area (Å²) in [5.41, 5.74) is 5.16. The summed E-state index contributed by atoms with van der Waals surface area (Å²) in [5.74, 6) is -0.835. The van der Waals surface area contributed by atoms with Crippen LogP contribution in [0.5, 0.6) is 0 Å². The molecule has 3 N–H and O–H groups in total. The van der Waals surface area contributed by atoms with Crippen LogP contribution in [0.3, 0.4) is 0 Å². The first-order valence-electron chi connectivity index (χ1n) is 7.42. The first-order chi connectivity index (χ1) is 10.8. The number of rotatable bonds is 4. The minimum atomic E-state index is -4.55. The van der Waals surface area contributed by atoms with E-state index < -0.39 is 17.7 Å². The fraction of sp³-hybridized carbons (Fsp3) is 0.533. The van der Waals surface area contributed by atoms with E-state index >= 15 is 0 Å². The third kappa shape index (κ3) is 4.35. The largest absolute Gasteiger partial charge is 0.462 e. The van der Waals surface area contributed by atoms with Crippen molar-refractivity contribution in [1.29, 1.82) is 0 Å². The summed E-state index contributed by atoms with van der Waals surface area (Å²) in [6.45, 7) is 4.89. The monoisotopic (exact) mass is 331 g/mol. The van der Waals surface area contributed by atoms with E-state index in [-0.39, 0.29) is 24.4 Å². The first-order valence-corrected chi connectivity index (χ1v) is 7.42. The maximum absolute atomic E-state index is 13.1. The van der Waals surface area contributed by atoms with Crippen molar-refractivity contribution < 1.29 is 22.7 Å². The van der Waals surface area contributed by atoms with E-state index in [0.717, 1.165) is 25.2 Å². The average Bonchev–Trinajstić information content (AvgIpc) is 2.49. The zero-order valence-electron chi connectivity index (χ0n) is 12.9. The van der Waals surface area contributed by atoms with Crippen LogP contribution in [-0.4, -0.2) is 43.7 Å². The van der Waals surface area contributed by atoms with Gasteiger partial charge in [-0.2, -0.15) is 13.2 Å². The molecule has 0 saturated carbocycles. The molecule has 8 heteroatoms. The molecule has 1 aromatic rings. The van der Waals surface area contributed by atoms with Gasteiger partial charge >= 0.3 is 12.1 Å². The van der Waals surface area contributed by atoms with Gasteiger partial charge in [-0.05, 0) is 24.6 Å². The van der Waals surface area contributed by atoms with Crippen molar-refractivity contribution in [3.05, 3.63) is 28.8 Å². The minimum Gasteiger partial charge on any atom is -0.462 e. The van der Waals surface area contributed by atoms with Crippen molar-refractivity contribution in [3.8, 4) is 0 Å². The molecule has 128 valence electrons. The second-order valence-corrected chi connectivity index (χ2v) is 5.34. The molecule has 1 aliphatic heterocycles. The van der Waals surface area contributed by atoms with Crippen LogP contribution in [0.4, 0.5) is 18.9 Å². The second kappa shape index (κ2) is 7.18. The van der Waals surface area contributed by atoms with Crippen LogP contribution in [0.2, 0.25) is 0 Å². The molecule has 5 nitrogen and oxygen atoms in total. The molecule has 0 atom stereocenters. The second-order valence-electron chi connectivity index (χ2n) is 5.34. The lowest BCUT2D eigenvalue weighted by molar-refractivity contribution is -0.137. The van der Waals surface area contributed by atoms with Gasteiger partial charge in [-0.1, -0.05) is 0 Å². The van der Waals surface area contributed by atoms with E-state index in [4.69, 9.17) is 10.5 Å². The topological polar surface area (TPSA) is 67.6 Å². The molecule has 2 rings (SSSR count). The number of nitrogens with one attached hydrogen (secondary N) is 1. The van der Waals surface area contributed by atoms with E-state index in [0.29, 0.717) is 18.7 Å². The number of piperazine rings is 1. The van der Waals surface area contributed by atoms with Crippen LogP contribution in [0.15, 0.2) is 12.1 Å². The highest BCUT2D eigenvalue weighted by Gasteiger charge is 2.33. The highest BCUT2D eigenvalue weighted by Crippen LogP contribution is 2.34. The third-order valence-electron chi connectivity index (χ3n) is 3.69. The van der Waals surface area contributed by atoms with Crippen LogP contribution in [0.1, 0.15) is 28.4 Å². The number of anilines is 1. The summed E-state index contributed by atoms with van der Waals surface area (Å²) in [7, 11) is 0. The van der Waals surface area contributed by atoms with Gasteiger partial charge in [0.05, 0.1) is 23.4 Å². The van der Waals surface area contributed by atoms with Gasteiger partial charge < -0.3 is 15.8 Å². The molecular formula is C15H20F3N3O2. The van der Waals surface area contributed by atoms with Crippen molar-refractivity contribution >= 4 is 11.7 Å². The maximum atomic E-state index is 13.1. The molecule has 0 amide bonds. The van der Waals surface area contributed by atoms with Crippen molar-refractivity contribution in [2.24, 2.45) is 0 Å². The van der Waals surface area contributed by atoms with E-state index in [1.165, 1.54) is 0 Å². The number of carbonyl (C=O) groups excluding carboxylic acids is 1. The smallest absolute Gasteiger partial charge is 0.416 e. The van der Waals surface area contributed by atoms with Crippen LogP contribution in [0, 0.1) is 0 Å². The lowest BCUT2D eigenvalue weighted by Gasteiger charge is -2.28. The van der Waals surface area contributed by atoms with Gasteiger partial charge in [0.25, 0.3) is 0 Å². The van der Waals surface area contributed by atoms with E-state index in [2.05, 4.69) is 5.32 Å². The Labute approximate surface area is 132 Å². The van der Waals surface area contributed by atoms with Crippen molar-refractivity contribution in [2.75, 3.05) is 38.5 Å². The normalized spacial score (nSPS) is 16.3. The third-order valence-corrected chi connectivity index (χ3v) is 3.69. The number of hydrogen-bond acceptors (Lipinski definition) is 5. The number of esters is 1. The van der Waals surface area contributed by atoms with E-state index in [1.54, 1.807) is 6.92 Å². The number of halogens is 3. The summed E-state index contributed by atoms with van der Waals surface area (Å²) in [6, 6.07) is 1.77. The Balaban J connectivity index is 2.38. The Morgan fingerprint density at radius 1 is 1.35 bits per heavy atom. The molecule has 0 spiro atoms. The zero-order valence-corrected chi connectivity index (χ0v) is 12.9. The minimum absolute atomic E-state index is 0.0509. The number of ether oxygens (including phenoxy) is 1. The molecule has 23 heavy (non-hydrogen) atoms. The van der Waals surface area contributed by atoms with Gasteiger partial charge in [0.1, 0.15) is 0 Å². The summed E-state index contributed by atoms with van der Waals surface area (Å²) in [4.78, 5) is 13.9. The quantitative estimate of drug-likeness (QED) is 0.651. The van der Waals surface area contributed by atoms with Gasteiger partial charge in [-0.15, -0.1) is 0 Å². The first kappa shape index (κ1) is 17.6. The van der Waals surface area contributed by atoms with E-state index in [9.17, 15) is 18.0 Å². The van der Waals surface area contributed by atoms with Gasteiger partial charge in [-0.25, -0.2) is 4.79 Å². The molecule has 0 aliphatic carbocycles. The van der Waals surface area contributed by atoms with Crippen LogP contribution in [-0.2, 0) is 17.5 Å². The fourth-order valence-electron chi connectivity index (χ4n) is 2.50. The molecule has 1 fully saturated rings. The van der Waals surface area contributed by atoms with Crippen molar-refractivity contribution in [1.82, 2.24) is 10.2 Å². The van der Waals surface area contributed by atoms with Crippen molar-refractivity contribution in [2.45, 2.75) is 19.6 Å². The summed E-state index contributed by atoms with van der Waals surface area (Å²) >= 11 is 0. The van der Waals surface area contributed by atoms with Crippen LogP contribution >= 0.6 is 0 Å². The van der Waals surface area contributed by atoms with Gasteiger partial charge in [-0.3, -0.25) is 4.90 Å². The van der Waals surface area contributed by atoms with Gasteiger partial charge in [0, 0.05) is 32.7 Å². The molecule has 1 aromatic carbocycles. The number of hydrogen-bond donors (Lipinski definition) is 2. The summed E-state index contributed by atoms with van der Waals surface area (Å²) < 4.78 is 44.1. The standard InChI is InChI=1S/C15H20F3N3O2/c1-2-23-14(22)12-8-11(15(16,17)18)7-10(13(12)19)9-21-5-3-20-4-6-21/h7-8,20H,2-6,9,19H2,1H3. The van der Waals surface area contributed by atoms with Crippen molar-refractivity contribution in [3.63, 3.8) is 0 Å². The lowest BCUT2D eigenvalue weighted by atomic mass is 10.0. The predicted octanol–water partition coefficient (Wildman–Crippen LogP) is 1.87. The molecule has 1 aliphatic rings. The molecule has 0 unspecified atom stereocenters. The maximum Gasteiger partial charge on any atom is 0.416 e. The molecular weight excluding hydrogens is 311 g/mol. The molecule has 0 radical (unpaired) electrons. The highest BCUT2D eigenvalue weighted by atomic mass is 19.4.